The van der Waals surface area contributed by atoms with Crippen molar-refractivity contribution >= 4 is 17.3 Å². The smallest absolute Gasteiger partial charge is 0.166 e. The van der Waals surface area contributed by atoms with E-state index >= 15 is 0 Å². The molecule has 2 atom stereocenters. The second-order valence-electron chi connectivity index (χ2n) is 3.89. The molecular formula is C12H16N2S. The van der Waals surface area contributed by atoms with E-state index in [-0.39, 0.29) is 0 Å². The summed E-state index contributed by atoms with van der Waals surface area (Å²) in [7, 11) is 0. The first-order chi connectivity index (χ1) is 7.31. The predicted molar refractivity (Wildman–Crippen MR) is 67.0 cm³/mol. The van der Waals surface area contributed by atoms with Crippen LogP contribution in [0.2, 0.25) is 0 Å². The monoisotopic (exact) mass is 220 g/mol. The van der Waals surface area contributed by atoms with E-state index in [2.05, 4.69) is 47.9 Å². The van der Waals surface area contributed by atoms with Gasteiger partial charge in [-0.2, -0.15) is 0 Å². The van der Waals surface area contributed by atoms with Crippen molar-refractivity contribution in [3.05, 3.63) is 35.9 Å². The summed E-state index contributed by atoms with van der Waals surface area (Å²) in [5.74, 6) is 0.517. The van der Waals surface area contributed by atoms with Crippen LogP contribution in [-0.4, -0.2) is 17.7 Å². The van der Waals surface area contributed by atoms with Crippen molar-refractivity contribution in [2.24, 2.45) is 0 Å². The Hall–Kier alpha value is -1.09. The molecule has 1 fully saturated rings. The second kappa shape index (κ2) is 4.62. The first-order valence-electron chi connectivity index (χ1n) is 5.40. The largest absolute Gasteiger partial charge is 0.362 e. The van der Waals surface area contributed by atoms with Crippen LogP contribution in [0.5, 0.6) is 0 Å². The number of nitrogens with one attached hydrogen (secondary N) is 2. The van der Waals surface area contributed by atoms with E-state index in [4.69, 9.17) is 12.2 Å². The van der Waals surface area contributed by atoms with Gasteiger partial charge in [0, 0.05) is 18.5 Å². The summed E-state index contributed by atoms with van der Waals surface area (Å²) < 4.78 is 0. The van der Waals surface area contributed by atoms with Crippen molar-refractivity contribution in [2.75, 3.05) is 6.54 Å². The zero-order chi connectivity index (χ0) is 10.7. The molecule has 1 aromatic carbocycles. The van der Waals surface area contributed by atoms with Crippen molar-refractivity contribution in [3.63, 3.8) is 0 Å². The lowest BCUT2D eigenvalue weighted by Crippen LogP contribution is -2.53. The first-order valence-corrected chi connectivity index (χ1v) is 5.81. The lowest BCUT2D eigenvalue weighted by molar-refractivity contribution is 0.438. The molecule has 0 amide bonds. The summed E-state index contributed by atoms with van der Waals surface area (Å²) in [6.45, 7) is 3.13. The van der Waals surface area contributed by atoms with Gasteiger partial charge in [-0.1, -0.05) is 37.3 Å². The Morgan fingerprint density at radius 1 is 1.33 bits per heavy atom. The Bertz CT molecular complexity index is 337. The molecule has 0 aliphatic carbocycles. The van der Waals surface area contributed by atoms with Gasteiger partial charge in [0.25, 0.3) is 0 Å². The van der Waals surface area contributed by atoms with Gasteiger partial charge >= 0.3 is 0 Å². The minimum Gasteiger partial charge on any atom is -0.362 e. The Morgan fingerprint density at radius 3 is 2.73 bits per heavy atom. The highest BCUT2D eigenvalue weighted by Gasteiger charge is 2.26. The third-order valence-electron chi connectivity index (χ3n) is 2.95. The molecule has 0 spiro atoms. The third-order valence-corrected chi connectivity index (χ3v) is 3.21. The summed E-state index contributed by atoms with van der Waals surface area (Å²) in [5, 5.41) is 7.34. The fraction of sp³-hybridized carbons (Fsp3) is 0.417. The Balaban J connectivity index is 2.17. The van der Waals surface area contributed by atoms with Crippen LogP contribution in [0.1, 0.15) is 24.8 Å². The maximum absolute atomic E-state index is 5.13. The molecule has 1 heterocycles. The molecule has 1 aliphatic rings. The van der Waals surface area contributed by atoms with Crippen molar-refractivity contribution in [1.82, 2.24) is 10.6 Å². The van der Waals surface area contributed by atoms with Crippen molar-refractivity contribution in [3.8, 4) is 0 Å². The van der Waals surface area contributed by atoms with E-state index in [0.717, 1.165) is 18.1 Å². The molecule has 0 radical (unpaired) electrons. The highest BCUT2D eigenvalue weighted by molar-refractivity contribution is 7.80. The molecule has 3 heteroatoms. The highest BCUT2D eigenvalue weighted by atomic mass is 32.1. The van der Waals surface area contributed by atoms with Crippen molar-refractivity contribution in [1.29, 1.82) is 0 Å². The molecular weight excluding hydrogens is 204 g/mol. The van der Waals surface area contributed by atoms with Gasteiger partial charge in [0.1, 0.15) is 0 Å². The van der Waals surface area contributed by atoms with Gasteiger partial charge in [0.05, 0.1) is 0 Å². The van der Waals surface area contributed by atoms with E-state index < -0.39 is 0 Å². The zero-order valence-corrected chi connectivity index (χ0v) is 9.68. The van der Waals surface area contributed by atoms with E-state index in [1.165, 1.54) is 5.56 Å². The topological polar surface area (TPSA) is 24.1 Å². The Kier molecular flexibility index (Phi) is 3.21. The van der Waals surface area contributed by atoms with E-state index in [1.54, 1.807) is 0 Å². The maximum Gasteiger partial charge on any atom is 0.166 e. The highest BCUT2D eigenvalue weighted by Crippen LogP contribution is 2.22. The number of hydrogen-bond acceptors (Lipinski definition) is 1. The predicted octanol–water partition coefficient (Wildman–Crippen LogP) is 2.03. The molecule has 0 aromatic heterocycles. The lowest BCUT2D eigenvalue weighted by Gasteiger charge is -2.34. The van der Waals surface area contributed by atoms with Crippen molar-refractivity contribution < 1.29 is 0 Å². The number of rotatable bonds is 2. The van der Waals surface area contributed by atoms with E-state index in [0.29, 0.717) is 12.0 Å². The molecule has 1 aliphatic heterocycles. The average Bonchev–Trinajstić information content (AvgIpc) is 2.30. The van der Waals surface area contributed by atoms with Crippen LogP contribution in [0.3, 0.4) is 0 Å². The fourth-order valence-corrected chi connectivity index (χ4v) is 2.34. The zero-order valence-electron chi connectivity index (χ0n) is 8.86. The minimum atomic E-state index is 0.459. The van der Waals surface area contributed by atoms with Crippen LogP contribution in [0, 0.1) is 0 Å². The summed E-state index contributed by atoms with van der Waals surface area (Å²) in [6, 6.07) is 11.1. The van der Waals surface area contributed by atoms with Crippen LogP contribution >= 0.6 is 12.2 Å². The molecule has 80 valence electrons. The minimum absolute atomic E-state index is 0.459. The summed E-state index contributed by atoms with van der Waals surface area (Å²) in [4.78, 5) is 0. The number of thiocarbonyl (C=S) groups is 1. The summed E-state index contributed by atoms with van der Waals surface area (Å²) in [5.41, 5.74) is 1.38. The Labute approximate surface area is 96.1 Å². The normalized spacial score (nSPS) is 25.5. The van der Waals surface area contributed by atoms with Crippen LogP contribution in [-0.2, 0) is 0 Å². The molecule has 0 unspecified atom stereocenters. The molecule has 2 nitrogen and oxygen atoms in total. The molecule has 0 bridgehead atoms. The quantitative estimate of drug-likeness (QED) is 0.746. The van der Waals surface area contributed by atoms with Gasteiger partial charge in [-0.3, -0.25) is 0 Å². The van der Waals surface area contributed by atoms with E-state index in [1.807, 2.05) is 0 Å². The molecule has 15 heavy (non-hydrogen) atoms. The molecule has 1 aromatic rings. The Morgan fingerprint density at radius 2 is 2.07 bits per heavy atom. The number of benzene rings is 1. The van der Waals surface area contributed by atoms with Crippen LogP contribution in [0.25, 0.3) is 0 Å². The van der Waals surface area contributed by atoms with Gasteiger partial charge in [0.2, 0.25) is 0 Å². The summed E-state index contributed by atoms with van der Waals surface area (Å²) >= 11 is 5.13. The van der Waals surface area contributed by atoms with Gasteiger partial charge in [-0.05, 0) is 24.2 Å². The number of hydrogen-bond donors (Lipinski definition) is 2. The SMILES string of the molecule is CC[C@@H]1NC(=S)NC[C@@H]1c1ccccc1. The summed E-state index contributed by atoms with van der Waals surface area (Å²) in [6.07, 6.45) is 1.10. The van der Waals surface area contributed by atoms with Crippen LogP contribution in [0.15, 0.2) is 30.3 Å². The first kappa shape index (κ1) is 10.4. The van der Waals surface area contributed by atoms with Gasteiger partial charge in [-0.25, -0.2) is 0 Å². The maximum atomic E-state index is 5.13. The van der Waals surface area contributed by atoms with E-state index in [9.17, 15) is 0 Å². The van der Waals surface area contributed by atoms with Gasteiger partial charge in [0.15, 0.2) is 5.11 Å². The molecule has 1 saturated heterocycles. The van der Waals surface area contributed by atoms with Crippen LogP contribution < -0.4 is 10.6 Å². The van der Waals surface area contributed by atoms with Gasteiger partial charge in [-0.15, -0.1) is 0 Å². The van der Waals surface area contributed by atoms with Gasteiger partial charge < -0.3 is 10.6 Å². The van der Waals surface area contributed by atoms with Crippen LogP contribution in [0.4, 0.5) is 0 Å². The molecule has 2 N–H and O–H groups in total. The fourth-order valence-electron chi connectivity index (χ4n) is 2.10. The second-order valence-corrected chi connectivity index (χ2v) is 4.29. The molecule has 0 saturated carbocycles. The van der Waals surface area contributed by atoms with Crippen molar-refractivity contribution in [2.45, 2.75) is 25.3 Å². The average molecular weight is 220 g/mol. The molecule has 2 rings (SSSR count). The third kappa shape index (κ3) is 2.29. The lowest BCUT2D eigenvalue weighted by atomic mass is 9.89. The standard InChI is InChI=1S/C12H16N2S/c1-2-11-10(8-13-12(15)14-11)9-6-4-3-5-7-9/h3-7,10-11H,2,8H2,1H3,(H2,13,14,15)/t10-,11+/m1/s1.